The van der Waals surface area contributed by atoms with Crippen molar-refractivity contribution in [1.82, 2.24) is 14.6 Å². The fourth-order valence-corrected chi connectivity index (χ4v) is 6.03. The second-order valence-corrected chi connectivity index (χ2v) is 10.9. The summed E-state index contributed by atoms with van der Waals surface area (Å²) in [6.45, 7) is 2.92. The number of nitrogens with zero attached hydrogens (tertiary/aromatic N) is 3. The van der Waals surface area contributed by atoms with Crippen molar-refractivity contribution in [1.29, 1.82) is 0 Å². The van der Waals surface area contributed by atoms with Gasteiger partial charge in [0.15, 0.2) is 12.3 Å². The fourth-order valence-electron chi connectivity index (χ4n) is 5.54. The molecule has 0 radical (unpaired) electrons. The molecule has 0 bridgehead atoms. The van der Waals surface area contributed by atoms with Gasteiger partial charge in [0.1, 0.15) is 6.67 Å². The summed E-state index contributed by atoms with van der Waals surface area (Å²) < 4.78 is 41.5. The monoisotopic (exact) mass is 575 g/mol. The number of carbonyl (C=O) groups is 1. The van der Waals surface area contributed by atoms with Crippen molar-refractivity contribution in [2.24, 2.45) is 0 Å². The quantitative estimate of drug-likeness (QED) is 0.287. The van der Waals surface area contributed by atoms with Crippen molar-refractivity contribution in [3.8, 4) is 16.9 Å². The van der Waals surface area contributed by atoms with Crippen LogP contribution in [0.1, 0.15) is 46.4 Å². The molecular weight excluding hydrogens is 546 g/mol. The molecule has 2 aromatic carbocycles. The summed E-state index contributed by atoms with van der Waals surface area (Å²) in [5.74, 6) is -0.0112. The van der Waals surface area contributed by atoms with E-state index in [9.17, 15) is 18.0 Å². The van der Waals surface area contributed by atoms with Crippen LogP contribution in [0.3, 0.4) is 0 Å². The summed E-state index contributed by atoms with van der Waals surface area (Å²) in [7, 11) is 0. The number of hydrazine groups is 1. The lowest BCUT2D eigenvalue weighted by Crippen LogP contribution is -2.51. The number of piperidine rings is 1. The molecule has 2 unspecified atom stereocenters. The van der Waals surface area contributed by atoms with Crippen molar-refractivity contribution >= 4 is 35.2 Å². The van der Waals surface area contributed by atoms with E-state index in [0.717, 1.165) is 60.2 Å². The molecule has 5 rings (SSSR count). The number of allylic oxidation sites excluding steroid dienone is 1. The second kappa shape index (κ2) is 11.8. The molecular formula is C30H30Cl2F3N3O. The summed E-state index contributed by atoms with van der Waals surface area (Å²) in [6.07, 6.45) is 2.26. The minimum Gasteiger partial charge on any atom is -0.311 e. The Bertz CT molecular complexity index is 1380. The minimum atomic E-state index is -2.18. The first-order chi connectivity index (χ1) is 18.8. The number of hydrogen-bond acceptors (Lipinski definition) is 2. The van der Waals surface area contributed by atoms with E-state index in [1.165, 1.54) is 12.5 Å². The van der Waals surface area contributed by atoms with Crippen molar-refractivity contribution in [3.05, 3.63) is 81.0 Å². The third kappa shape index (κ3) is 5.49. The maximum Gasteiger partial charge on any atom is 0.270 e. The lowest BCUT2D eigenvalue weighted by atomic mass is 10.0. The van der Waals surface area contributed by atoms with Crippen LogP contribution >= 0.6 is 23.2 Å². The van der Waals surface area contributed by atoms with Crippen molar-refractivity contribution in [3.63, 3.8) is 0 Å². The first-order valence-electron chi connectivity index (χ1n) is 13.2. The molecule has 39 heavy (non-hydrogen) atoms. The van der Waals surface area contributed by atoms with Gasteiger partial charge in [-0.3, -0.25) is 9.80 Å². The van der Waals surface area contributed by atoms with Gasteiger partial charge in [-0.1, -0.05) is 60.0 Å². The number of rotatable bonds is 7. The van der Waals surface area contributed by atoms with Crippen molar-refractivity contribution in [2.45, 2.75) is 45.0 Å². The highest BCUT2D eigenvalue weighted by atomic mass is 35.5. The Hall–Kier alpha value is -2.74. The van der Waals surface area contributed by atoms with Gasteiger partial charge in [0, 0.05) is 36.8 Å². The summed E-state index contributed by atoms with van der Waals surface area (Å²) in [5.41, 5.74) is 5.46. The van der Waals surface area contributed by atoms with E-state index in [1.54, 1.807) is 24.3 Å². The van der Waals surface area contributed by atoms with Gasteiger partial charge in [-0.25, -0.2) is 18.2 Å². The van der Waals surface area contributed by atoms with E-state index >= 15 is 0 Å². The predicted molar refractivity (Wildman–Crippen MR) is 151 cm³/mol. The molecule has 0 N–H and O–H groups in total. The highest BCUT2D eigenvalue weighted by Crippen LogP contribution is 2.40. The Morgan fingerprint density at radius 3 is 2.38 bits per heavy atom. The summed E-state index contributed by atoms with van der Waals surface area (Å²) in [4.78, 5) is 13.9. The van der Waals surface area contributed by atoms with Crippen LogP contribution in [-0.4, -0.2) is 59.1 Å². The average Bonchev–Trinajstić information content (AvgIpc) is 3.24. The van der Waals surface area contributed by atoms with Crippen LogP contribution in [0.2, 0.25) is 10.0 Å². The molecule has 2 atom stereocenters. The van der Waals surface area contributed by atoms with Gasteiger partial charge in [0.25, 0.3) is 5.91 Å². The van der Waals surface area contributed by atoms with E-state index in [-0.39, 0.29) is 5.91 Å². The van der Waals surface area contributed by atoms with Crippen LogP contribution in [-0.2, 0) is 6.42 Å². The third-order valence-corrected chi connectivity index (χ3v) is 8.03. The van der Waals surface area contributed by atoms with Gasteiger partial charge >= 0.3 is 0 Å². The number of fused-ring (bicyclic) bond motifs is 1. The van der Waals surface area contributed by atoms with Crippen LogP contribution < -0.4 is 0 Å². The SMILES string of the molecule is Cc1c2c(n(-c3ccc(Cl)cc3Cl)c1-c1ccc(C=CC(F)C(F)CF)cc1)CCN(N1CCCCC1)C2=O. The number of benzene rings is 2. The number of aromatic nitrogens is 1. The fraction of sp³-hybridized carbons (Fsp3) is 0.367. The second-order valence-electron chi connectivity index (χ2n) is 10.0. The molecule has 0 aliphatic carbocycles. The topological polar surface area (TPSA) is 28.5 Å². The summed E-state index contributed by atoms with van der Waals surface area (Å²) in [5, 5.41) is 5.05. The van der Waals surface area contributed by atoms with Gasteiger partial charge in [-0.15, -0.1) is 0 Å². The van der Waals surface area contributed by atoms with E-state index < -0.39 is 19.0 Å². The average molecular weight is 576 g/mol. The van der Waals surface area contributed by atoms with E-state index in [4.69, 9.17) is 23.2 Å². The van der Waals surface area contributed by atoms with Crippen molar-refractivity contribution < 1.29 is 18.0 Å². The molecule has 0 saturated carbocycles. The molecule has 2 aliphatic rings. The molecule has 1 amide bonds. The number of alkyl halides is 3. The zero-order chi connectivity index (χ0) is 27.7. The summed E-state index contributed by atoms with van der Waals surface area (Å²) in [6, 6.07) is 12.6. The van der Waals surface area contributed by atoms with Crippen molar-refractivity contribution in [2.75, 3.05) is 26.3 Å². The van der Waals surface area contributed by atoms with Gasteiger partial charge in [-0.05, 0) is 60.7 Å². The largest absolute Gasteiger partial charge is 0.311 e. The van der Waals surface area contributed by atoms with Crippen LogP contribution in [0.25, 0.3) is 23.0 Å². The molecule has 1 aromatic heterocycles. The van der Waals surface area contributed by atoms with Crippen LogP contribution in [0.5, 0.6) is 0 Å². The van der Waals surface area contributed by atoms with E-state index in [2.05, 4.69) is 5.01 Å². The highest BCUT2D eigenvalue weighted by molar-refractivity contribution is 6.35. The Balaban J connectivity index is 1.58. The molecule has 206 valence electrons. The maximum absolute atomic E-state index is 13.9. The standard InChI is InChI=1S/C30H30Cl2F3N3O/c1-19-28-27(13-16-37(30(28)39)36-14-3-2-4-15-36)38(26-12-10-22(31)17-23(26)32)29(19)21-8-5-20(6-9-21)7-11-24(34)25(35)18-33/h5-12,17,24-25H,2-4,13-16,18H2,1H3. The third-order valence-electron chi connectivity index (χ3n) is 7.50. The zero-order valence-electron chi connectivity index (χ0n) is 21.6. The van der Waals surface area contributed by atoms with Crippen LogP contribution in [0.15, 0.2) is 48.5 Å². The molecule has 0 spiro atoms. The lowest BCUT2D eigenvalue weighted by molar-refractivity contribution is -0.0237. The van der Waals surface area contributed by atoms with Gasteiger partial charge in [0.2, 0.25) is 0 Å². The summed E-state index contributed by atoms with van der Waals surface area (Å²) >= 11 is 12.9. The Morgan fingerprint density at radius 2 is 1.72 bits per heavy atom. The number of amides is 1. The smallest absolute Gasteiger partial charge is 0.270 e. The normalized spacial score (nSPS) is 18.0. The molecule has 2 aliphatic heterocycles. The Labute approximate surface area is 236 Å². The van der Waals surface area contributed by atoms with Crippen LogP contribution in [0.4, 0.5) is 13.2 Å². The number of carbonyl (C=O) groups excluding carboxylic acids is 1. The molecule has 1 fully saturated rings. The molecule has 9 heteroatoms. The molecule has 1 saturated heterocycles. The molecule has 4 nitrogen and oxygen atoms in total. The van der Waals surface area contributed by atoms with E-state index in [1.807, 2.05) is 34.7 Å². The predicted octanol–water partition coefficient (Wildman–Crippen LogP) is 7.82. The number of hydrogen-bond donors (Lipinski definition) is 0. The van der Waals surface area contributed by atoms with Gasteiger partial charge < -0.3 is 4.57 Å². The van der Waals surface area contributed by atoms with Crippen LogP contribution in [0, 0.1) is 6.92 Å². The zero-order valence-corrected chi connectivity index (χ0v) is 23.2. The minimum absolute atomic E-state index is 0.0112. The lowest BCUT2D eigenvalue weighted by Gasteiger charge is -2.39. The number of halogens is 5. The Morgan fingerprint density at radius 1 is 1.00 bits per heavy atom. The van der Waals surface area contributed by atoms with Gasteiger partial charge in [-0.2, -0.15) is 0 Å². The molecule has 3 aromatic rings. The van der Waals surface area contributed by atoms with E-state index in [0.29, 0.717) is 34.1 Å². The maximum atomic E-state index is 13.9. The first-order valence-corrected chi connectivity index (χ1v) is 13.9. The first kappa shape index (κ1) is 27.8. The molecule has 3 heterocycles. The van der Waals surface area contributed by atoms with Gasteiger partial charge in [0.05, 0.1) is 22.0 Å². The Kier molecular flexibility index (Phi) is 8.40. The highest BCUT2D eigenvalue weighted by Gasteiger charge is 2.36.